The molecule has 4 bridgehead atoms. The zero-order valence-corrected chi connectivity index (χ0v) is 16.1. The SMILES string of the molecule is C[C@@H](OC(=O)C12C[C@@H]3C[C@@H](CC(Cl)(C3)C1)C2)C(=O)Nc1ccccc1C#N. The fraction of sp³-hybridized carbons (Fsp3) is 0.571. The average Bonchev–Trinajstić information content (AvgIpc) is 2.60. The summed E-state index contributed by atoms with van der Waals surface area (Å²) in [4.78, 5) is 25.2. The van der Waals surface area contributed by atoms with E-state index in [9.17, 15) is 9.59 Å². The van der Waals surface area contributed by atoms with E-state index < -0.39 is 17.4 Å². The Morgan fingerprint density at radius 1 is 1.26 bits per heavy atom. The fourth-order valence-electron chi connectivity index (χ4n) is 5.65. The number of nitrogens with one attached hydrogen (secondary N) is 1. The van der Waals surface area contributed by atoms with Gasteiger partial charge in [0.05, 0.1) is 16.7 Å². The second-order valence-electron chi connectivity index (χ2n) is 8.59. The van der Waals surface area contributed by atoms with Gasteiger partial charge in [0.15, 0.2) is 6.10 Å². The second-order valence-corrected chi connectivity index (χ2v) is 9.39. The molecule has 0 spiro atoms. The lowest BCUT2D eigenvalue weighted by atomic mass is 9.49. The topological polar surface area (TPSA) is 79.2 Å². The van der Waals surface area contributed by atoms with Crippen LogP contribution in [0, 0.1) is 28.6 Å². The monoisotopic (exact) mass is 386 g/mol. The maximum Gasteiger partial charge on any atom is 0.312 e. The van der Waals surface area contributed by atoms with Gasteiger partial charge in [-0.05, 0) is 69.4 Å². The van der Waals surface area contributed by atoms with Crippen LogP contribution in [0.5, 0.6) is 0 Å². The van der Waals surface area contributed by atoms with Crippen LogP contribution in [0.4, 0.5) is 5.69 Å². The summed E-state index contributed by atoms with van der Waals surface area (Å²) in [7, 11) is 0. The van der Waals surface area contributed by atoms with Crippen LogP contribution in [0.15, 0.2) is 24.3 Å². The summed E-state index contributed by atoms with van der Waals surface area (Å²) in [5.41, 5.74) is 0.252. The fourth-order valence-corrected chi connectivity index (χ4v) is 6.34. The molecule has 1 aromatic rings. The second kappa shape index (κ2) is 6.53. The highest BCUT2D eigenvalue weighted by Gasteiger charge is 2.61. The summed E-state index contributed by atoms with van der Waals surface area (Å²) in [5, 5.41) is 11.8. The van der Waals surface area contributed by atoms with Crippen LogP contribution in [-0.2, 0) is 14.3 Å². The number of carbonyl (C=O) groups excluding carboxylic acids is 2. The normalized spacial score (nSPS) is 34.6. The van der Waals surface area contributed by atoms with Crippen molar-refractivity contribution in [2.24, 2.45) is 17.3 Å². The van der Waals surface area contributed by atoms with Gasteiger partial charge >= 0.3 is 5.97 Å². The van der Waals surface area contributed by atoms with Crippen molar-refractivity contribution in [3.05, 3.63) is 29.8 Å². The number of ether oxygens (including phenoxy) is 1. The molecule has 1 amide bonds. The molecule has 0 saturated heterocycles. The molecule has 0 radical (unpaired) electrons. The Kier molecular flexibility index (Phi) is 4.43. The molecule has 5 rings (SSSR count). The predicted octanol–water partition coefficient (Wildman–Crippen LogP) is 4.01. The highest BCUT2D eigenvalue weighted by Crippen LogP contribution is 2.64. The lowest BCUT2D eigenvalue weighted by molar-refractivity contribution is -0.176. The Labute approximate surface area is 164 Å². The molecule has 4 aliphatic carbocycles. The van der Waals surface area contributed by atoms with Crippen molar-refractivity contribution in [2.45, 2.75) is 56.4 Å². The Morgan fingerprint density at radius 3 is 2.56 bits per heavy atom. The average molecular weight is 387 g/mol. The lowest BCUT2D eigenvalue weighted by Crippen LogP contribution is -2.57. The molecule has 4 saturated carbocycles. The standard InChI is InChI=1S/C21H23ClN2O3/c1-13(18(25)24-17-5-3-2-4-16(17)11-23)27-19(26)20-7-14-6-15(8-20)10-21(22,9-14)12-20/h2-5,13-15H,6-10,12H2,1H3,(H,24,25)/t13-,14-,15+,20?,21?/m1/s1. The van der Waals surface area contributed by atoms with Gasteiger partial charge < -0.3 is 10.1 Å². The third kappa shape index (κ3) is 3.32. The minimum absolute atomic E-state index is 0.277. The van der Waals surface area contributed by atoms with Gasteiger partial charge in [0.2, 0.25) is 0 Å². The van der Waals surface area contributed by atoms with Crippen molar-refractivity contribution in [1.82, 2.24) is 0 Å². The molecule has 5 nitrogen and oxygen atoms in total. The molecule has 1 aromatic carbocycles. The van der Waals surface area contributed by atoms with Crippen molar-refractivity contribution >= 4 is 29.2 Å². The highest BCUT2D eigenvalue weighted by atomic mass is 35.5. The Balaban J connectivity index is 1.44. The van der Waals surface area contributed by atoms with Gasteiger partial charge in [0, 0.05) is 4.87 Å². The Hall–Kier alpha value is -2.06. The van der Waals surface area contributed by atoms with Gasteiger partial charge in [-0.1, -0.05) is 12.1 Å². The van der Waals surface area contributed by atoms with E-state index in [1.165, 1.54) is 0 Å². The van der Waals surface area contributed by atoms with Gasteiger partial charge in [-0.15, -0.1) is 11.6 Å². The van der Waals surface area contributed by atoms with E-state index in [2.05, 4.69) is 5.32 Å². The molecule has 4 fully saturated rings. The van der Waals surface area contributed by atoms with E-state index in [1.807, 2.05) is 6.07 Å². The first-order valence-electron chi connectivity index (χ1n) is 9.52. The number of hydrogen-bond donors (Lipinski definition) is 1. The molecular weight excluding hydrogens is 364 g/mol. The van der Waals surface area contributed by atoms with Crippen molar-refractivity contribution < 1.29 is 14.3 Å². The van der Waals surface area contributed by atoms with E-state index in [4.69, 9.17) is 21.6 Å². The Morgan fingerprint density at radius 2 is 1.93 bits per heavy atom. The van der Waals surface area contributed by atoms with Crippen LogP contribution in [-0.4, -0.2) is 22.9 Å². The minimum Gasteiger partial charge on any atom is -0.452 e. The van der Waals surface area contributed by atoms with Crippen LogP contribution in [0.2, 0.25) is 0 Å². The summed E-state index contributed by atoms with van der Waals surface area (Å²) < 4.78 is 5.60. The number of amides is 1. The summed E-state index contributed by atoms with van der Waals surface area (Å²) in [6.07, 6.45) is 4.50. The smallest absolute Gasteiger partial charge is 0.312 e. The molecule has 1 N–H and O–H groups in total. The summed E-state index contributed by atoms with van der Waals surface area (Å²) in [5.74, 6) is 0.250. The van der Waals surface area contributed by atoms with Gasteiger partial charge in [-0.3, -0.25) is 9.59 Å². The molecule has 2 unspecified atom stereocenters. The molecule has 27 heavy (non-hydrogen) atoms. The predicted molar refractivity (Wildman–Crippen MR) is 101 cm³/mol. The van der Waals surface area contributed by atoms with E-state index >= 15 is 0 Å². The quantitative estimate of drug-likeness (QED) is 0.626. The summed E-state index contributed by atoms with van der Waals surface area (Å²) in [6.45, 7) is 1.57. The van der Waals surface area contributed by atoms with E-state index in [1.54, 1.807) is 31.2 Å². The lowest BCUT2D eigenvalue weighted by Gasteiger charge is -2.58. The number of anilines is 1. The third-order valence-electron chi connectivity index (χ3n) is 6.38. The maximum atomic E-state index is 13.0. The highest BCUT2D eigenvalue weighted by molar-refractivity contribution is 6.24. The van der Waals surface area contributed by atoms with Crippen molar-refractivity contribution in [1.29, 1.82) is 5.26 Å². The first kappa shape index (κ1) is 18.3. The number of para-hydroxylation sites is 1. The molecule has 4 aliphatic rings. The van der Waals surface area contributed by atoms with Gasteiger partial charge in [-0.2, -0.15) is 5.26 Å². The number of alkyl halides is 1. The number of rotatable bonds is 4. The first-order chi connectivity index (χ1) is 12.8. The molecular formula is C21H23ClN2O3. The van der Waals surface area contributed by atoms with Crippen LogP contribution < -0.4 is 5.32 Å². The Bertz CT molecular complexity index is 817. The maximum absolute atomic E-state index is 13.0. The van der Waals surface area contributed by atoms with Gasteiger partial charge in [0.1, 0.15) is 6.07 Å². The molecule has 6 heteroatoms. The van der Waals surface area contributed by atoms with Crippen LogP contribution in [0.25, 0.3) is 0 Å². The number of benzene rings is 1. The first-order valence-corrected chi connectivity index (χ1v) is 9.90. The van der Waals surface area contributed by atoms with Crippen LogP contribution in [0.3, 0.4) is 0 Å². The van der Waals surface area contributed by atoms with Gasteiger partial charge in [0.25, 0.3) is 5.91 Å². The largest absolute Gasteiger partial charge is 0.452 e. The summed E-state index contributed by atoms with van der Waals surface area (Å²) in [6, 6.07) is 8.78. The minimum atomic E-state index is -0.927. The number of nitrogens with zero attached hydrogens (tertiary/aromatic N) is 1. The third-order valence-corrected chi connectivity index (χ3v) is 6.82. The summed E-state index contributed by atoms with van der Waals surface area (Å²) >= 11 is 6.79. The number of nitriles is 1. The number of carbonyl (C=O) groups is 2. The number of hydrogen-bond acceptors (Lipinski definition) is 4. The zero-order chi connectivity index (χ0) is 19.2. The van der Waals surface area contributed by atoms with E-state index in [0.717, 1.165) is 32.1 Å². The molecule has 0 aromatic heterocycles. The van der Waals surface area contributed by atoms with Gasteiger partial charge in [-0.25, -0.2) is 0 Å². The van der Waals surface area contributed by atoms with Crippen molar-refractivity contribution in [3.63, 3.8) is 0 Å². The number of halogens is 1. The van der Waals surface area contributed by atoms with Crippen LogP contribution in [0.1, 0.15) is 51.0 Å². The zero-order valence-electron chi connectivity index (χ0n) is 15.3. The molecule has 5 atom stereocenters. The van der Waals surface area contributed by atoms with Crippen molar-refractivity contribution in [3.8, 4) is 6.07 Å². The molecule has 0 heterocycles. The van der Waals surface area contributed by atoms with Crippen molar-refractivity contribution in [2.75, 3.05) is 5.32 Å². The van der Waals surface area contributed by atoms with Crippen LogP contribution >= 0.6 is 11.6 Å². The van der Waals surface area contributed by atoms with E-state index in [0.29, 0.717) is 29.5 Å². The number of esters is 1. The van der Waals surface area contributed by atoms with E-state index in [-0.39, 0.29) is 10.8 Å². The molecule has 0 aliphatic heterocycles. The molecule has 142 valence electrons.